The van der Waals surface area contributed by atoms with Gasteiger partial charge >= 0.3 is 12.6 Å². The predicted molar refractivity (Wildman–Crippen MR) is 117 cm³/mol. The standard InChI is InChI=1S/C10H14Cl2NO2PS.C8H14O2/c1-7(2)13-16(17,14-3)15-10-5-4-8(11)6-9(10)12;1-4-5-6-10-8(9)7(2)3/h4-7H,1-3H3,(H,13,17);2,4-6H2,1,3H3. The smallest absolute Gasteiger partial charge is 0.333 e. The van der Waals surface area contributed by atoms with Gasteiger partial charge < -0.3 is 13.8 Å². The molecule has 0 bridgehead atoms. The van der Waals surface area contributed by atoms with Gasteiger partial charge in [0.05, 0.1) is 11.6 Å². The van der Waals surface area contributed by atoms with Gasteiger partial charge in [-0.2, -0.15) is 0 Å². The molecule has 1 aromatic rings. The van der Waals surface area contributed by atoms with Gasteiger partial charge in [-0.25, -0.2) is 9.88 Å². The summed E-state index contributed by atoms with van der Waals surface area (Å²) in [5.74, 6) is 0.183. The first-order chi connectivity index (χ1) is 12.5. The summed E-state index contributed by atoms with van der Waals surface area (Å²) in [6.07, 6.45) is 1.97. The Morgan fingerprint density at radius 3 is 2.44 bits per heavy atom. The van der Waals surface area contributed by atoms with E-state index >= 15 is 0 Å². The molecular weight excluding hydrogens is 428 g/mol. The molecule has 0 fully saturated rings. The highest BCUT2D eigenvalue weighted by atomic mass is 35.5. The number of hydrogen-bond donors (Lipinski definition) is 1. The van der Waals surface area contributed by atoms with E-state index < -0.39 is 6.64 Å². The van der Waals surface area contributed by atoms with Gasteiger partial charge in [-0.3, -0.25) is 0 Å². The summed E-state index contributed by atoms with van der Waals surface area (Å²) in [6, 6.07) is 5.12. The number of ether oxygens (including phenoxy) is 1. The van der Waals surface area contributed by atoms with Crippen molar-refractivity contribution in [1.82, 2.24) is 5.09 Å². The molecule has 0 amide bonds. The minimum atomic E-state index is -2.56. The number of nitrogens with one attached hydrogen (secondary N) is 1. The molecule has 0 aliphatic rings. The molecule has 0 saturated heterocycles. The van der Waals surface area contributed by atoms with E-state index in [2.05, 4.69) is 18.6 Å². The molecule has 1 atom stereocenters. The van der Waals surface area contributed by atoms with Gasteiger partial charge in [0.1, 0.15) is 5.75 Å². The zero-order valence-electron chi connectivity index (χ0n) is 16.4. The molecule has 0 aromatic heterocycles. The quantitative estimate of drug-likeness (QED) is 0.208. The van der Waals surface area contributed by atoms with E-state index in [9.17, 15) is 4.79 Å². The maximum atomic E-state index is 10.7. The van der Waals surface area contributed by atoms with Gasteiger partial charge in [0.2, 0.25) is 0 Å². The Morgan fingerprint density at radius 2 is 2.00 bits per heavy atom. The van der Waals surface area contributed by atoms with Crippen LogP contribution in [0.25, 0.3) is 0 Å². The fourth-order valence-corrected chi connectivity index (χ4v) is 4.20. The van der Waals surface area contributed by atoms with Gasteiger partial charge in [0.25, 0.3) is 0 Å². The Kier molecular flexibility index (Phi) is 13.2. The Morgan fingerprint density at radius 1 is 1.37 bits per heavy atom. The third kappa shape index (κ3) is 11.7. The average molecular weight is 456 g/mol. The van der Waals surface area contributed by atoms with Crippen LogP contribution in [0.1, 0.15) is 40.5 Å². The van der Waals surface area contributed by atoms with Gasteiger partial charge in [0.15, 0.2) is 0 Å². The molecule has 0 heterocycles. The van der Waals surface area contributed by atoms with Crippen molar-refractivity contribution in [2.75, 3.05) is 13.7 Å². The molecule has 1 aromatic carbocycles. The molecule has 1 unspecified atom stereocenters. The predicted octanol–water partition coefficient (Wildman–Crippen LogP) is 6.15. The summed E-state index contributed by atoms with van der Waals surface area (Å²) in [5.41, 5.74) is 0.469. The molecule has 0 spiro atoms. The highest BCUT2D eigenvalue weighted by Crippen LogP contribution is 2.46. The van der Waals surface area contributed by atoms with Gasteiger partial charge in [-0.1, -0.05) is 43.1 Å². The molecule has 0 saturated carbocycles. The maximum absolute atomic E-state index is 10.7. The summed E-state index contributed by atoms with van der Waals surface area (Å²) < 4.78 is 15.7. The highest BCUT2D eigenvalue weighted by molar-refractivity contribution is 8.09. The first kappa shape index (κ1) is 26.4. The van der Waals surface area contributed by atoms with E-state index in [0.29, 0.717) is 28.0 Å². The second-order valence-corrected chi connectivity index (χ2v) is 9.99. The lowest BCUT2D eigenvalue weighted by atomic mass is 10.3. The first-order valence-corrected chi connectivity index (χ1v) is 11.8. The van der Waals surface area contributed by atoms with E-state index in [0.717, 1.165) is 12.8 Å². The second-order valence-electron chi connectivity index (χ2n) is 5.90. The van der Waals surface area contributed by atoms with Crippen LogP contribution < -0.4 is 9.61 Å². The summed E-state index contributed by atoms with van der Waals surface area (Å²) in [4.78, 5) is 10.7. The van der Waals surface area contributed by atoms with Crippen LogP contribution in [0.3, 0.4) is 0 Å². The lowest BCUT2D eigenvalue weighted by Crippen LogP contribution is -2.22. The molecule has 0 radical (unpaired) electrons. The molecule has 1 N–H and O–H groups in total. The van der Waals surface area contributed by atoms with Crippen LogP contribution in [0, 0.1) is 0 Å². The van der Waals surface area contributed by atoms with Crippen molar-refractivity contribution in [3.63, 3.8) is 0 Å². The molecule has 27 heavy (non-hydrogen) atoms. The van der Waals surface area contributed by atoms with Crippen molar-refractivity contribution >= 4 is 47.6 Å². The first-order valence-electron chi connectivity index (χ1n) is 8.45. The van der Waals surface area contributed by atoms with Crippen LogP contribution >= 0.6 is 29.8 Å². The summed E-state index contributed by atoms with van der Waals surface area (Å²) in [7, 11) is 1.51. The molecule has 5 nitrogen and oxygen atoms in total. The zero-order chi connectivity index (χ0) is 21.0. The SMILES string of the molecule is C=C(C)C(=O)OCCCC.COP(=S)(NC(C)C)Oc1ccc(Cl)cc1Cl. The molecule has 154 valence electrons. The third-order valence-corrected chi connectivity index (χ3v) is 6.12. The van der Waals surface area contributed by atoms with Crippen molar-refractivity contribution in [1.29, 1.82) is 0 Å². The normalized spacial score (nSPS) is 12.6. The molecule has 0 aliphatic carbocycles. The van der Waals surface area contributed by atoms with E-state index in [1.165, 1.54) is 7.11 Å². The van der Waals surface area contributed by atoms with Crippen LogP contribution in [0.15, 0.2) is 30.4 Å². The number of hydrogen-bond acceptors (Lipinski definition) is 5. The monoisotopic (exact) mass is 455 g/mol. The zero-order valence-corrected chi connectivity index (χ0v) is 19.6. The van der Waals surface area contributed by atoms with E-state index in [-0.39, 0.29) is 12.0 Å². The highest BCUT2D eigenvalue weighted by Gasteiger charge is 2.21. The molecular formula is C18H28Cl2NO4PS. The van der Waals surface area contributed by atoms with Gasteiger partial charge in [-0.15, -0.1) is 0 Å². The number of carbonyl (C=O) groups excluding carboxylic acids is 1. The van der Waals surface area contributed by atoms with Crippen LogP contribution in [0.5, 0.6) is 5.75 Å². The Hall–Kier alpha value is -0.620. The average Bonchev–Trinajstić information content (AvgIpc) is 2.57. The summed E-state index contributed by atoms with van der Waals surface area (Å²) in [6.45, 7) is 9.04. The van der Waals surface area contributed by atoms with Crippen molar-refractivity contribution < 1.29 is 18.6 Å². The van der Waals surface area contributed by atoms with Crippen molar-refractivity contribution in [2.45, 2.75) is 46.6 Å². The van der Waals surface area contributed by atoms with Crippen LogP contribution in [0.2, 0.25) is 10.0 Å². The Labute approximate surface area is 177 Å². The molecule has 1 rings (SSSR count). The van der Waals surface area contributed by atoms with Crippen molar-refractivity contribution in [3.05, 3.63) is 40.4 Å². The number of benzene rings is 1. The number of halogens is 2. The van der Waals surface area contributed by atoms with Crippen molar-refractivity contribution in [3.8, 4) is 5.75 Å². The number of carbonyl (C=O) groups is 1. The van der Waals surface area contributed by atoms with E-state index in [4.69, 9.17) is 48.8 Å². The maximum Gasteiger partial charge on any atom is 0.333 e. The van der Waals surface area contributed by atoms with E-state index in [1.807, 2.05) is 13.8 Å². The Bertz CT molecular complexity index is 671. The number of unbranched alkanes of at least 4 members (excludes halogenated alkanes) is 1. The Balaban J connectivity index is 0.000000580. The molecule has 0 aliphatic heterocycles. The minimum absolute atomic E-state index is 0.159. The second kappa shape index (κ2) is 13.5. The topological polar surface area (TPSA) is 56.8 Å². The third-order valence-electron chi connectivity index (χ3n) is 2.85. The fourth-order valence-electron chi connectivity index (χ4n) is 1.54. The molecule has 9 heteroatoms. The minimum Gasteiger partial charge on any atom is -0.462 e. The van der Waals surface area contributed by atoms with E-state index in [1.54, 1.807) is 25.1 Å². The number of esters is 1. The fraction of sp³-hybridized carbons (Fsp3) is 0.500. The summed E-state index contributed by atoms with van der Waals surface area (Å²) >= 11 is 17.1. The lowest BCUT2D eigenvalue weighted by Gasteiger charge is -2.24. The summed E-state index contributed by atoms with van der Waals surface area (Å²) in [5, 5.41) is 4.04. The number of rotatable bonds is 9. The largest absolute Gasteiger partial charge is 0.462 e. The van der Waals surface area contributed by atoms with Gasteiger partial charge in [0, 0.05) is 23.7 Å². The van der Waals surface area contributed by atoms with Gasteiger partial charge in [-0.05, 0) is 57.2 Å². The van der Waals surface area contributed by atoms with Crippen LogP contribution in [-0.4, -0.2) is 25.7 Å². The van der Waals surface area contributed by atoms with Crippen LogP contribution in [-0.2, 0) is 25.9 Å². The van der Waals surface area contributed by atoms with Crippen LogP contribution in [0.4, 0.5) is 0 Å². The van der Waals surface area contributed by atoms with Crippen molar-refractivity contribution in [2.24, 2.45) is 0 Å². The lowest BCUT2D eigenvalue weighted by molar-refractivity contribution is -0.139.